The fourth-order valence-corrected chi connectivity index (χ4v) is 1.14. The highest BCUT2D eigenvalue weighted by Crippen LogP contribution is 2.02. The summed E-state index contributed by atoms with van der Waals surface area (Å²) in [5.74, 6) is -1.01. The summed E-state index contributed by atoms with van der Waals surface area (Å²) in [7, 11) is 0. The third-order valence-electron chi connectivity index (χ3n) is 1.80. The predicted molar refractivity (Wildman–Crippen MR) is 55.7 cm³/mol. The van der Waals surface area contributed by atoms with Gasteiger partial charge in [0.1, 0.15) is 5.65 Å². The van der Waals surface area contributed by atoms with Gasteiger partial charge in [-0.3, -0.25) is 4.79 Å². The Morgan fingerprint density at radius 1 is 1.33 bits per heavy atom. The number of aromatic carboxylic acids is 1. The van der Waals surface area contributed by atoms with Crippen molar-refractivity contribution in [3.8, 4) is 0 Å². The normalized spacial score (nSPS) is 9.60. The predicted octanol–water partition coefficient (Wildman–Crippen LogP) is 0.815. The van der Waals surface area contributed by atoms with Gasteiger partial charge in [-0.05, 0) is 12.1 Å². The third kappa shape index (κ3) is 2.13. The van der Waals surface area contributed by atoms with Gasteiger partial charge in [-0.2, -0.15) is 4.98 Å². The summed E-state index contributed by atoms with van der Waals surface area (Å²) in [6.07, 6.45) is 2.89. The van der Waals surface area contributed by atoms with Crippen LogP contribution in [0.5, 0.6) is 0 Å². The highest BCUT2D eigenvalue weighted by atomic mass is 35.5. The number of hydrogen-bond donors (Lipinski definition) is 1. The number of carboxylic acid groups (broad SMARTS) is 1. The van der Waals surface area contributed by atoms with Crippen LogP contribution in [0.15, 0.2) is 35.4 Å². The van der Waals surface area contributed by atoms with Crippen molar-refractivity contribution < 1.29 is 9.90 Å². The highest BCUT2D eigenvalue weighted by molar-refractivity contribution is 5.87. The minimum absolute atomic E-state index is 0. The average Bonchev–Trinajstić information content (AvgIpc) is 2.16. The van der Waals surface area contributed by atoms with Gasteiger partial charge in [0.15, 0.2) is 0 Å². The van der Waals surface area contributed by atoms with E-state index in [4.69, 9.17) is 5.11 Å². The summed E-state index contributed by atoms with van der Waals surface area (Å²) in [5, 5.41) is 8.70. The summed E-state index contributed by atoms with van der Waals surface area (Å²) in [4.78, 5) is 25.2. The number of halogens is 1. The van der Waals surface area contributed by atoms with E-state index >= 15 is 0 Å². The van der Waals surface area contributed by atoms with Crippen LogP contribution in [0.1, 0.15) is 10.4 Å². The number of rotatable bonds is 1. The molecule has 5 nitrogen and oxygen atoms in total. The SMILES string of the molecule is Cl.O=C(O)c1ccc2nc(=O)ccn2c1. The van der Waals surface area contributed by atoms with Gasteiger partial charge in [0, 0.05) is 18.5 Å². The lowest BCUT2D eigenvalue weighted by Crippen LogP contribution is -2.08. The van der Waals surface area contributed by atoms with Crippen LogP contribution in [-0.2, 0) is 0 Å². The number of aromatic nitrogens is 2. The Kier molecular flexibility index (Phi) is 3.06. The summed E-state index contributed by atoms with van der Waals surface area (Å²) in [6, 6.07) is 4.17. The molecule has 0 aromatic carbocycles. The largest absolute Gasteiger partial charge is 0.478 e. The van der Waals surface area contributed by atoms with E-state index in [1.807, 2.05) is 0 Å². The van der Waals surface area contributed by atoms with Crippen LogP contribution in [0.4, 0.5) is 0 Å². The molecule has 0 saturated heterocycles. The number of nitrogens with zero attached hydrogens (tertiary/aromatic N) is 2. The molecule has 0 saturated carbocycles. The molecular weight excluding hydrogens is 220 g/mol. The van der Waals surface area contributed by atoms with E-state index in [1.54, 1.807) is 0 Å². The first-order valence-electron chi connectivity index (χ1n) is 3.89. The van der Waals surface area contributed by atoms with Crippen LogP contribution in [0.2, 0.25) is 0 Å². The van der Waals surface area contributed by atoms with Gasteiger partial charge in [-0.1, -0.05) is 0 Å². The van der Waals surface area contributed by atoms with E-state index in [2.05, 4.69) is 4.98 Å². The molecule has 0 spiro atoms. The van der Waals surface area contributed by atoms with E-state index < -0.39 is 5.97 Å². The number of pyridine rings is 1. The molecule has 2 heterocycles. The second-order valence-corrected chi connectivity index (χ2v) is 2.75. The van der Waals surface area contributed by atoms with Crippen molar-refractivity contribution in [2.45, 2.75) is 0 Å². The Morgan fingerprint density at radius 3 is 2.73 bits per heavy atom. The average molecular weight is 227 g/mol. The lowest BCUT2D eigenvalue weighted by atomic mass is 10.3. The molecule has 0 aliphatic carbocycles. The zero-order valence-corrected chi connectivity index (χ0v) is 8.27. The van der Waals surface area contributed by atoms with Crippen LogP contribution in [-0.4, -0.2) is 20.5 Å². The molecule has 0 unspecified atom stereocenters. The summed E-state index contributed by atoms with van der Waals surface area (Å²) in [5.41, 5.74) is 0.249. The van der Waals surface area contributed by atoms with Gasteiger partial charge in [-0.25, -0.2) is 4.79 Å². The van der Waals surface area contributed by atoms with Crippen molar-refractivity contribution >= 4 is 24.0 Å². The zero-order chi connectivity index (χ0) is 10.1. The van der Waals surface area contributed by atoms with E-state index in [9.17, 15) is 9.59 Å². The standard InChI is InChI=1S/C9H6N2O3.ClH/c12-8-3-4-11-5-6(9(13)14)1-2-7(11)10-8;/h1-5H,(H,13,14);1H. The quantitative estimate of drug-likeness (QED) is 0.781. The molecule has 6 heteroatoms. The molecule has 0 aliphatic heterocycles. The van der Waals surface area contributed by atoms with E-state index in [1.165, 1.54) is 35.0 Å². The minimum atomic E-state index is -1.01. The van der Waals surface area contributed by atoms with Gasteiger partial charge in [0.2, 0.25) is 0 Å². The first kappa shape index (κ1) is 11.2. The van der Waals surface area contributed by atoms with Crippen molar-refractivity contribution in [2.75, 3.05) is 0 Å². The zero-order valence-electron chi connectivity index (χ0n) is 7.45. The summed E-state index contributed by atoms with van der Waals surface area (Å²) >= 11 is 0. The fourth-order valence-electron chi connectivity index (χ4n) is 1.14. The molecule has 2 rings (SSSR count). The number of hydrogen-bond acceptors (Lipinski definition) is 3. The molecule has 0 bridgehead atoms. The second-order valence-electron chi connectivity index (χ2n) is 2.75. The maximum absolute atomic E-state index is 10.9. The maximum atomic E-state index is 10.9. The monoisotopic (exact) mass is 226 g/mol. The molecule has 78 valence electrons. The van der Waals surface area contributed by atoms with Crippen LogP contribution < -0.4 is 5.56 Å². The molecule has 0 amide bonds. The van der Waals surface area contributed by atoms with E-state index in [0.29, 0.717) is 5.65 Å². The molecule has 0 radical (unpaired) electrons. The molecular formula is C9H7ClN2O3. The first-order valence-corrected chi connectivity index (χ1v) is 3.89. The number of carboxylic acids is 1. The summed E-state index contributed by atoms with van der Waals surface area (Å²) < 4.78 is 1.49. The smallest absolute Gasteiger partial charge is 0.337 e. The summed E-state index contributed by atoms with van der Waals surface area (Å²) in [6.45, 7) is 0. The van der Waals surface area contributed by atoms with E-state index in [0.717, 1.165) is 0 Å². The van der Waals surface area contributed by atoms with Crippen LogP contribution in [0, 0.1) is 0 Å². The number of carbonyl (C=O) groups is 1. The minimum Gasteiger partial charge on any atom is -0.478 e. The molecule has 15 heavy (non-hydrogen) atoms. The Hall–Kier alpha value is -1.88. The van der Waals surface area contributed by atoms with Gasteiger partial charge < -0.3 is 9.51 Å². The first-order chi connectivity index (χ1) is 6.66. The topological polar surface area (TPSA) is 71.7 Å². The van der Waals surface area contributed by atoms with Crippen LogP contribution in [0.25, 0.3) is 5.65 Å². The third-order valence-corrected chi connectivity index (χ3v) is 1.80. The lowest BCUT2D eigenvalue weighted by molar-refractivity contribution is 0.0696. The van der Waals surface area contributed by atoms with Crippen molar-refractivity contribution in [1.29, 1.82) is 0 Å². The highest BCUT2D eigenvalue weighted by Gasteiger charge is 2.02. The van der Waals surface area contributed by atoms with E-state index in [-0.39, 0.29) is 23.5 Å². The molecule has 0 aliphatic rings. The number of fused-ring (bicyclic) bond motifs is 1. The Labute approximate surface area is 90.4 Å². The molecule has 2 aromatic heterocycles. The van der Waals surface area contributed by atoms with Crippen molar-refractivity contribution in [3.63, 3.8) is 0 Å². The Morgan fingerprint density at radius 2 is 2.07 bits per heavy atom. The second kappa shape index (κ2) is 4.10. The maximum Gasteiger partial charge on any atom is 0.337 e. The molecule has 0 fully saturated rings. The van der Waals surface area contributed by atoms with Crippen molar-refractivity contribution in [1.82, 2.24) is 9.38 Å². The van der Waals surface area contributed by atoms with Gasteiger partial charge in [0.25, 0.3) is 5.56 Å². The van der Waals surface area contributed by atoms with Gasteiger partial charge >= 0.3 is 5.97 Å². The van der Waals surface area contributed by atoms with Crippen molar-refractivity contribution in [2.24, 2.45) is 0 Å². The van der Waals surface area contributed by atoms with Gasteiger partial charge in [-0.15, -0.1) is 12.4 Å². The Balaban J connectivity index is 0.00000112. The van der Waals surface area contributed by atoms with Gasteiger partial charge in [0.05, 0.1) is 5.56 Å². The van der Waals surface area contributed by atoms with Crippen LogP contribution in [0.3, 0.4) is 0 Å². The Bertz CT molecular complexity index is 565. The molecule has 1 N–H and O–H groups in total. The lowest BCUT2D eigenvalue weighted by Gasteiger charge is -1.99. The van der Waals surface area contributed by atoms with Crippen LogP contribution >= 0.6 is 12.4 Å². The molecule has 2 aromatic rings. The fraction of sp³-hybridized carbons (Fsp3) is 0. The molecule has 0 atom stereocenters. The van der Waals surface area contributed by atoms with Crippen molar-refractivity contribution in [3.05, 3.63) is 46.5 Å².